The van der Waals surface area contributed by atoms with Crippen LogP contribution in [0.2, 0.25) is 0 Å². The molecule has 1 amide bonds. The van der Waals surface area contributed by atoms with Crippen molar-refractivity contribution in [1.29, 1.82) is 0 Å². The molecule has 0 aromatic heterocycles. The van der Waals surface area contributed by atoms with Crippen LogP contribution in [0, 0.1) is 0 Å². The number of hydrogen-bond donors (Lipinski definition) is 0. The average Bonchev–Trinajstić information content (AvgIpc) is 2.17. The highest BCUT2D eigenvalue weighted by Crippen LogP contribution is 2.02. The van der Waals surface area contributed by atoms with Crippen molar-refractivity contribution in [2.75, 3.05) is 0 Å². The van der Waals surface area contributed by atoms with Gasteiger partial charge in [0.05, 0.1) is 11.8 Å². The molecule has 0 spiro atoms. The van der Waals surface area contributed by atoms with E-state index >= 15 is 0 Å². The Kier molecular flexibility index (Phi) is 4.03. The summed E-state index contributed by atoms with van der Waals surface area (Å²) in [6.45, 7) is 5.38. The molecular formula is C12H15NO2. The number of rotatable bonds is 2. The third kappa shape index (κ3) is 3.94. The Labute approximate surface area is 89.8 Å². The fourth-order valence-electron chi connectivity index (χ4n) is 1.11. The number of ether oxygens (including phenoxy) is 1. The Morgan fingerprint density at radius 2 is 1.87 bits per heavy atom. The first-order valence-electron chi connectivity index (χ1n) is 4.91. The summed E-state index contributed by atoms with van der Waals surface area (Å²) in [4.78, 5) is 15.1. The first-order chi connectivity index (χ1) is 7.09. The van der Waals surface area contributed by atoms with Crippen molar-refractivity contribution in [2.45, 2.75) is 26.9 Å². The number of amides is 1. The van der Waals surface area contributed by atoms with Crippen LogP contribution in [0.15, 0.2) is 35.3 Å². The van der Waals surface area contributed by atoms with Crippen LogP contribution >= 0.6 is 0 Å². The topological polar surface area (TPSA) is 38.7 Å². The van der Waals surface area contributed by atoms with Gasteiger partial charge in [-0.05, 0) is 26.3 Å². The lowest BCUT2D eigenvalue weighted by Crippen LogP contribution is -2.09. The van der Waals surface area contributed by atoms with E-state index in [1.54, 1.807) is 20.8 Å². The molecule has 0 aliphatic heterocycles. The van der Waals surface area contributed by atoms with Crippen molar-refractivity contribution >= 4 is 11.8 Å². The van der Waals surface area contributed by atoms with Crippen molar-refractivity contribution in [3.05, 3.63) is 35.9 Å². The molecule has 0 unspecified atom stereocenters. The van der Waals surface area contributed by atoms with E-state index in [4.69, 9.17) is 4.74 Å². The van der Waals surface area contributed by atoms with Gasteiger partial charge in [-0.25, -0.2) is 4.79 Å². The van der Waals surface area contributed by atoms with Gasteiger partial charge >= 0.3 is 6.09 Å². The monoisotopic (exact) mass is 205 g/mol. The number of carbonyl (C=O) groups is 1. The molecule has 80 valence electrons. The van der Waals surface area contributed by atoms with Gasteiger partial charge in [0.25, 0.3) is 0 Å². The molecular weight excluding hydrogens is 190 g/mol. The van der Waals surface area contributed by atoms with E-state index in [0.29, 0.717) is 5.71 Å². The highest BCUT2D eigenvalue weighted by atomic mass is 16.6. The van der Waals surface area contributed by atoms with Gasteiger partial charge in [-0.15, -0.1) is 0 Å². The maximum atomic E-state index is 11.2. The summed E-state index contributed by atoms with van der Waals surface area (Å²) in [7, 11) is 0. The van der Waals surface area contributed by atoms with Crippen molar-refractivity contribution in [2.24, 2.45) is 4.99 Å². The predicted octanol–water partition coefficient (Wildman–Crippen LogP) is 3.04. The molecule has 1 aromatic carbocycles. The molecule has 0 saturated carbocycles. The molecule has 0 atom stereocenters. The summed E-state index contributed by atoms with van der Waals surface area (Å²) in [6, 6.07) is 9.54. The lowest BCUT2D eigenvalue weighted by atomic mass is 10.1. The van der Waals surface area contributed by atoms with E-state index in [9.17, 15) is 4.79 Å². The summed E-state index contributed by atoms with van der Waals surface area (Å²) < 4.78 is 4.92. The van der Waals surface area contributed by atoms with Crippen molar-refractivity contribution in [1.82, 2.24) is 0 Å². The average molecular weight is 205 g/mol. The Bertz CT molecular complexity index is 355. The number of nitrogens with zero attached hydrogens (tertiary/aromatic N) is 1. The van der Waals surface area contributed by atoms with Crippen LogP contribution in [0.1, 0.15) is 26.3 Å². The first-order valence-corrected chi connectivity index (χ1v) is 4.91. The summed E-state index contributed by atoms with van der Waals surface area (Å²) in [6.07, 6.45) is -0.670. The Balaban J connectivity index is 2.72. The molecule has 1 aromatic rings. The normalized spacial score (nSPS) is 11.6. The van der Waals surface area contributed by atoms with Crippen LogP contribution in [-0.4, -0.2) is 17.9 Å². The van der Waals surface area contributed by atoms with Crippen LogP contribution < -0.4 is 0 Å². The smallest absolute Gasteiger partial charge is 0.434 e. The molecule has 0 radical (unpaired) electrons. The lowest BCUT2D eigenvalue weighted by Gasteiger charge is -2.05. The van der Waals surface area contributed by atoms with Crippen LogP contribution in [0.25, 0.3) is 0 Å². The molecule has 0 aliphatic carbocycles. The van der Waals surface area contributed by atoms with E-state index in [1.807, 2.05) is 30.3 Å². The van der Waals surface area contributed by atoms with Gasteiger partial charge in [-0.1, -0.05) is 30.3 Å². The van der Waals surface area contributed by atoms with Crippen LogP contribution in [0.4, 0.5) is 4.79 Å². The second kappa shape index (κ2) is 5.29. The molecule has 0 aliphatic rings. The van der Waals surface area contributed by atoms with Crippen molar-refractivity contribution < 1.29 is 9.53 Å². The number of aliphatic imine (C=N–C) groups is 1. The van der Waals surface area contributed by atoms with E-state index < -0.39 is 6.09 Å². The summed E-state index contributed by atoms with van der Waals surface area (Å²) in [5, 5.41) is 0. The van der Waals surface area contributed by atoms with Gasteiger partial charge in [-0.3, -0.25) is 0 Å². The first kappa shape index (κ1) is 11.4. The zero-order valence-corrected chi connectivity index (χ0v) is 9.23. The zero-order valence-electron chi connectivity index (χ0n) is 9.23. The number of hydrogen-bond acceptors (Lipinski definition) is 2. The fraction of sp³-hybridized carbons (Fsp3) is 0.333. The molecule has 15 heavy (non-hydrogen) atoms. The van der Waals surface area contributed by atoms with E-state index in [2.05, 4.69) is 4.99 Å². The van der Waals surface area contributed by atoms with E-state index in [1.165, 1.54) is 0 Å². The molecule has 0 bridgehead atoms. The van der Waals surface area contributed by atoms with Gasteiger partial charge < -0.3 is 4.74 Å². The predicted molar refractivity (Wildman–Crippen MR) is 60.3 cm³/mol. The second-order valence-corrected chi connectivity index (χ2v) is 3.50. The van der Waals surface area contributed by atoms with Gasteiger partial charge in [-0.2, -0.15) is 4.99 Å². The SMILES string of the molecule is C/C(=N/C(=O)OC(C)C)c1ccccc1. The fourth-order valence-corrected chi connectivity index (χ4v) is 1.11. The molecule has 0 fully saturated rings. The highest BCUT2D eigenvalue weighted by molar-refractivity contribution is 6.03. The number of benzene rings is 1. The van der Waals surface area contributed by atoms with Gasteiger partial charge in [0, 0.05) is 0 Å². The quantitative estimate of drug-likeness (QED) is 0.696. The standard InChI is InChI=1S/C12H15NO2/c1-9(2)15-12(14)13-10(3)11-7-5-4-6-8-11/h4-9H,1-3H3/b13-10-. The third-order valence-corrected chi connectivity index (χ3v) is 1.79. The van der Waals surface area contributed by atoms with Crippen LogP contribution in [-0.2, 0) is 4.74 Å². The maximum Gasteiger partial charge on any atom is 0.434 e. The largest absolute Gasteiger partial charge is 0.445 e. The Hall–Kier alpha value is -1.64. The Morgan fingerprint density at radius 3 is 2.40 bits per heavy atom. The molecule has 0 saturated heterocycles. The van der Waals surface area contributed by atoms with E-state index in [-0.39, 0.29) is 6.10 Å². The van der Waals surface area contributed by atoms with E-state index in [0.717, 1.165) is 5.56 Å². The maximum absolute atomic E-state index is 11.2. The summed E-state index contributed by atoms with van der Waals surface area (Å²) >= 11 is 0. The van der Waals surface area contributed by atoms with Crippen LogP contribution in [0.3, 0.4) is 0 Å². The minimum absolute atomic E-state index is 0.134. The van der Waals surface area contributed by atoms with Gasteiger partial charge in [0.15, 0.2) is 0 Å². The van der Waals surface area contributed by atoms with Crippen molar-refractivity contribution in [3.63, 3.8) is 0 Å². The minimum Gasteiger partial charge on any atom is -0.445 e. The van der Waals surface area contributed by atoms with Gasteiger partial charge in [0.1, 0.15) is 0 Å². The third-order valence-electron chi connectivity index (χ3n) is 1.79. The van der Waals surface area contributed by atoms with Crippen molar-refractivity contribution in [3.8, 4) is 0 Å². The number of carbonyl (C=O) groups excluding carboxylic acids is 1. The summed E-state index contributed by atoms with van der Waals surface area (Å²) in [5.74, 6) is 0. The minimum atomic E-state index is -0.536. The zero-order chi connectivity index (χ0) is 11.3. The lowest BCUT2D eigenvalue weighted by molar-refractivity contribution is 0.126. The Morgan fingerprint density at radius 1 is 1.27 bits per heavy atom. The molecule has 3 nitrogen and oxygen atoms in total. The molecule has 1 rings (SSSR count). The molecule has 3 heteroatoms. The molecule has 0 heterocycles. The highest BCUT2D eigenvalue weighted by Gasteiger charge is 2.04. The second-order valence-electron chi connectivity index (χ2n) is 3.50. The molecule has 0 N–H and O–H groups in total. The van der Waals surface area contributed by atoms with Crippen LogP contribution in [0.5, 0.6) is 0 Å². The summed E-state index contributed by atoms with van der Waals surface area (Å²) in [5.41, 5.74) is 1.60. The van der Waals surface area contributed by atoms with Gasteiger partial charge in [0.2, 0.25) is 0 Å².